The molecule has 1 aromatic carbocycles. The van der Waals surface area contributed by atoms with Gasteiger partial charge in [0, 0.05) is 25.3 Å². The van der Waals surface area contributed by atoms with E-state index < -0.39 is 0 Å². The molecule has 17 heavy (non-hydrogen) atoms. The Morgan fingerprint density at radius 2 is 2.24 bits per heavy atom. The smallest absolute Gasteiger partial charge is 0.0369 e. The van der Waals surface area contributed by atoms with Gasteiger partial charge in [0.15, 0.2) is 0 Å². The standard InChI is InChI=1S/C15H24N2/c1-12-5-4-8-17(11-12)15-7-6-14(10-16-3)13(2)9-15/h6-7,9,12,16H,4-5,8,10-11H2,1-3H3. The number of hydrogen-bond donors (Lipinski definition) is 1. The molecule has 2 rings (SSSR count). The molecule has 1 saturated heterocycles. The van der Waals surface area contributed by atoms with Crippen molar-refractivity contribution in [2.75, 3.05) is 25.0 Å². The van der Waals surface area contributed by atoms with E-state index in [1.54, 1.807) is 0 Å². The first kappa shape index (κ1) is 12.4. The lowest BCUT2D eigenvalue weighted by atomic mass is 9.99. The third-order valence-corrected chi connectivity index (χ3v) is 3.72. The Morgan fingerprint density at radius 1 is 1.41 bits per heavy atom. The number of rotatable bonds is 3. The molecule has 2 nitrogen and oxygen atoms in total. The zero-order valence-electron chi connectivity index (χ0n) is 11.3. The summed E-state index contributed by atoms with van der Waals surface area (Å²) in [5, 5.41) is 3.22. The summed E-state index contributed by atoms with van der Waals surface area (Å²) < 4.78 is 0. The molecule has 1 unspecified atom stereocenters. The van der Waals surface area contributed by atoms with E-state index in [1.165, 1.54) is 42.7 Å². The Morgan fingerprint density at radius 3 is 2.88 bits per heavy atom. The lowest BCUT2D eigenvalue weighted by Gasteiger charge is -2.33. The van der Waals surface area contributed by atoms with Crippen LogP contribution in [0.1, 0.15) is 30.9 Å². The van der Waals surface area contributed by atoms with Crippen LogP contribution in [0.25, 0.3) is 0 Å². The highest BCUT2D eigenvalue weighted by molar-refractivity contribution is 5.51. The third kappa shape index (κ3) is 3.01. The van der Waals surface area contributed by atoms with E-state index in [2.05, 4.69) is 42.3 Å². The molecular weight excluding hydrogens is 208 g/mol. The lowest BCUT2D eigenvalue weighted by molar-refractivity contribution is 0.447. The van der Waals surface area contributed by atoms with Crippen LogP contribution in [0.15, 0.2) is 18.2 Å². The van der Waals surface area contributed by atoms with Crippen LogP contribution in [0.2, 0.25) is 0 Å². The fourth-order valence-corrected chi connectivity index (χ4v) is 2.69. The van der Waals surface area contributed by atoms with Crippen LogP contribution in [0.3, 0.4) is 0 Å². The summed E-state index contributed by atoms with van der Waals surface area (Å²) >= 11 is 0. The van der Waals surface area contributed by atoms with E-state index >= 15 is 0 Å². The summed E-state index contributed by atoms with van der Waals surface area (Å²) in [6.45, 7) is 7.96. The molecular formula is C15H24N2. The fraction of sp³-hybridized carbons (Fsp3) is 0.600. The van der Waals surface area contributed by atoms with Gasteiger partial charge in [0.05, 0.1) is 0 Å². The highest BCUT2D eigenvalue weighted by atomic mass is 15.1. The molecule has 94 valence electrons. The fourth-order valence-electron chi connectivity index (χ4n) is 2.69. The SMILES string of the molecule is CNCc1ccc(N2CCCC(C)C2)cc1C. The highest BCUT2D eigenvalue weighted by Gasteiger charge is 2.16. The van der Waals surface area contributed by atoms with Crippen molar-refractivity contribution >= 4 is 5.69 Å². The molecule has 0 bridgehead atoms. The Bertz CT molecular complexity index is 373. The van der Waals surface area contributed by atoms with Crippen LogP contribution in [0.5, 0.6) is 0 Å². The molecule has 0 aromatic heterocycles. The Kier molecular flexibility index (Phi) is 4.06. The molecule has 0 aliphatic carbocycles. The van der Waals surface area contributed by atoms with Crippen molar-refractivity contribution in [2.24, 2.45) is 5.92 Å². The van der Waals surface area contributed by atoms with Gasteiger partial charge < -0.3 is 10.2 Å². The molecule has 1 aliphatic heterocycles. The summed E-state index contributed by atoms with van der Waals surface area (Å²) in [6, 6.07) is 6.88. The normalized spacial score (nSPS) is 20.6. The maximum absolute atomic E-state index is 3.22. The van der Waals surface area contributed by atoms with E-state index in [0.29, 0.717) is 0 Å². The molecule has 0 saturated carbocycles. The molecule has 1 fully saturated rings. The predicted octanol–water partition coefficient (Wildman–Crippen LogP) is 2.95. The molecule has 1 heterocycles. The van der Waals surface area contributed by atoms with Gasteiger partial charge in [-0.2, -0.15) is 0 Å². The van der Waals surface area contributed by atoms with Gasteiger partial charge in [-0.25, -0.2) is 0 Å². The lowest BCUT2D eigenvalue weighted by Crippen LogP contribution is -2.34. The monoisotopic (exact) mass is 232 g/mol. The van der Waals surface area contributed by atoms with Crippen molar-refractivity contribution in [3.05, 3.63) is 29.3 Å². The average Bonchev–Trinajstić information content (AvgIpc) is 2.32. The van der Waals surface area contributed by atoms with E-state index in [4.69, 9.17) is 0 Å². The first-order valence-electron chi connectivity index (χ1n) is 6.70. The minimum absolute atomic E-state index is 0.834. The summed E-state index contributed by atoms with van der Waals surface area (Å²) in [6.07, 6.45) is 2.71. The minimum Gasteiger partial charge on any atom is -0.371 e. The topological polar surface area (TPSA) is 15.3 Å². The molecule has 0 radical (unpaired) electrons. The van der Waals surface area contributed by atoms with Gasteiger partial charge in [-0.1, -0.05) is 13.0 Å². The van der Waals surface area contributed by atoms with E-state index in [-0.39, 0.29) is 0 Å². The second-order valence-electron chi connectivity index (χ2n) is 5.33. The summed E-state index contributed by atoms with van der Waals surface area (Å²) in [5.74, 6) is 0.834. The average molecular weight is 232 g/mol. The van der Waals surface area contributed by atoms with Gasteiger partial charge >= 0.3 is 0 Å². The number of aryl methyl sites for hydroxylation is 1. The number of nitrogens with one attached hydrogen (secondary N) is 1. The third-order valence-electron chi connectivity index (χ3n) is 3.72. The van der Waals surface area contributed by atoms with Crippen molar-refractivity contribution < 1.29 is 0 Å². The number of nitrogens with zero attached hydrogens (tertiary/aromatic N) is 1. The highest BCUT2D eigenvalue weighted by Crippen LogP contribution is 2.24. The zero-order valence-corrected chi connectivity index (χ0v) is 11.3. The first-order valence-corrected chi connectivity index (χ1v) is 6.70. The van der Waals surface area contributed by atoms with E-state index in [1.807, 2.05) is 7.05 Å². The summed E-state index contributed by atoms with van der Waals surface area (Å²) in [5.41, 5.74) is 4.20. The van der Waals surface area contributed by atoms with Crippen molar-refractivity contribution in [3.8, 4) is 0 Å². The van der Waals surface area contributed by atoms with Crippen LogP contribution < -0.4 is 10.2 Å². The van der Waals surface area contributed by atoms with Crippen LogP contribution >= 0.6 is 0 Å². The van der Waals surface area contributed by atoms with Crippen LogP contribution in [0, 0.1) is 12.8 Å². The van der Waals surface area contributed by atoms with E-state index in [9.17, 15) is 0 Å². The molecule has 1 aromatic rings. The molecule has 2 heteroatoms. The molecule has 1 aliphatic rings. The maximum atomic E-state index is 3.22. The number of hydrogen-bond acceptors (Lipinski definition) is 2. The van der Waals surface area contributed by atoms with Crippen molar-refractivity contribution in [1.82, 2.24) is 5.32 Å². The van der Waals surface area contributed by atoms with Gasteiger partial charge in [0.25, 0.3) is 0 Å². The molecule has 1 atom stereocenters. The molecule has 1 N–H and O–H groups in total. The van der Waals surface area contributed by atoms with Crippen molar-refractivity contribution in [3.63, 3.8) is 0 Å². The van der Waals surface area contributed by atoms with Gasteiger partial charge in [-0.3, -0.25) is 0 Å². The Balaban J connectivity index is 2.13. The Hall–Kier alpha value is -1.02. The van der Waals surface area contributed by atoms with Crippen molar-refractivity contribution in [2.45, 2.75) is 33.2 Å². The van der Waals surface area contributed by atoms with Crippen LogP contribution in [0.4, 0.5) is 5.69 Å². The Labute approximate surface area is 105 Å². The summed E-state index contributed by atoms with van der Waals surface area (Å²) in [7, 11) is 2.00. The minimum atomic E-state index is 0.834. The number of anilines is 1. The molecule has 0 amide bonds. The summed E-state index contributed by atoms with van der Waals surface area (Å²) in [4.78, 5) is 2.53. The molecule has 0 spiro atoms. The second-order valence-corrected chi connectivity index (χ2v) is 5.33. The second kappa shape index (κ2) is 5.54. The number of piperidine rings is 1. The van der Waals surface area contributed by atoms with Gasteiger partial charge in [-0.05, 0) is 56.0 Å². The van der Waals surface area contributed by atoms with Crippen LogP contribution in [-0.2, 0) is 6.54 Å². The zero-order chi connectivity index (χ0) is 12.3. The van der Waals surface area contributed by atoms with E-state index in [0.717, 1.165) is 12.5 Å². The largest absolute Gasteiger partial charge is 0.371 e. The van der Waals surface area contributed by atoms with Gasteiger partial charge in [0.1, 0.15) is 0 Å². The first-order chi connectivity index (χ1) is 8.20. The van der Waals surface area contributed by atoms with Gasteiger partial charge in [-0.15, -0.1) is 0 Å². The van der Waals surface area contributed by atoms with Crippen LogP contribution in [-0.4, -0.2) is 20.1 Å². The van der Waals surface area contributed by atoms with Gasteiger partial charge in [0.2, 0.25) is 0 Å². The number of benzene rings is 1. The maximum Gasteiger partial charge on any atom is 0.0369 e. The predicted molar refractivity (Wildman–Crippen MR) is 74.6 cm³/mol. The van der Waals surface area contributed by atoms with Crippen molar-refractivity contribution in [1.29, 1.82) is 0 Å². The quantitative estimate of drug-likeness (QED) is 0.862.